The molecule has 0 spiro atoms. The number of carbonyl (C=O) groups is 1. The molecule has 2 N–H and O–H groups in total. The van der Waals surface area contributed by atoms with Crippen LogP contribution < -0.4 is 5.32 Å². The Kier molecular flexibility index (Phi) is 10.6. The van der Waals surface area contributed by atoms with Crippen molar-refractivity contribution in [1.82, 2.24) is 5.32 Å². The molecule has 224 valence electrons. The second-order valence-electron chi connectivity index (χ2n) is 14.6. The quantitative estimate of drug-likeness (QED) is 0.194. The van der Waals surface area contributed by atoms with E-state index in [0.29, 0.717) is 30.6 Å². The molecule has 3 saturated carbocycles. The average Bonchev–Trinajstić information content (AvgIpc) is 3.24. The number of hydrogen-bond donors (Lipinski definition) is 2. The molecule has 4 unspecified atom stereocenters. The molecule has 0 saturated heterocycles. The van der Waals surface area contributed by atoms with E-state index >= 15 is 0 Å². The molecule has 4 aliphatic rings. The Morgan fingerprint density at radius 1 is 1.10 bits per heavy atom. The van der Waals surface area contributed by atoms with Gasteiger partial charge in [0, 0.05) is 6.54 Å². The minimum absolute atomic E-state index is 0.125. The van der Waals surface area contributed by atoms with E-state index in [1.165, 1.54) is 57.8 Å². The first-order chi connectivity index (χ1) is 18.6. The van der Waals surface area contributed by atoms with Crippen molar-refractivity contribution >= 4 is 5.97 Å². The first-order valence-electron chi connectivity index (χ1n) is 16.4. The third-order valence-electron chi connectivity index (χ3n) is 11.7. The van der Waals surface area contributed by atoms with Crippen LogP contribution in [0.25, 0.3) is 0 Å². The highest BCUT2D eigenvalue weighted by Crippen LogP contribution is 2.67. The molecule has 0 aromatic carbocycles. The predicted molar refractivity (Wildman–Crippen MR) is 158 cm³/mol. The monoisotopic (exact) mass is 545 g/mol. The number of nitrogens with one attached hydrogen (secondary N) is 1. The van der Waals surface area contributed by atoms with E-state index in [2.05, 4.69) is 46.0 Å². The maximum absolute atomic E-state index is 11.5. The maximum atomic E-state index is 11.5. The Hall–Kier alpha value is -0.910. The molecule has 0 aromatic rings. The maximum Gasteiger partial charge on any atom is 0.319 e. The third-order valence-corrected chi connectivity index (χ3v) is 11.7. The van der Waals surface area contributed by atoms with Crippen LogP contribution in [0.3, 0.4) is 0 Å². The largest absolute Gasteiger partial charge is 0.465 e. The summed E-state index contributed by atoms with van der Waals surface area (Å²) in [5.74, 6) is 4.90. The van der Waals surface area contributed by atoms with E-state index in [9.17, 15) is 9.90 Å². The summed E-state index contributed by atoms with van der Waals surface area (Å²) in [6.07, 6.45) is 16.7. The van der Waals surface area contributed by atoms with Crippen molar-refractivity contribution < 1.29 is 19.4 Å². The molecule has 0 bridgehead atoms. The van der Waals surface area contributed by atoms with Gasteiger partial charge in [0.25, 0.3) is 0 Å². The summed E-state index contributed by atoms with van der Waals surface area (Å²) >= 11 is 0. The zero-order chi connectivity index (χ0) is 28.2. The summed E-state index contributed by atoms with van der Waals surface area (Å²) in [5.41, 5.74) is 2.50. The normalized spacial score (nSPS) is 37.4. The van der Waals surface area contributed by atoms with Crippen LogP contribution in [0.15, 0.2) is 11.6 Å². The fourth-order valence-corrected chi connectivity index (χ4v) is 9.65. The summed E-state index contributed by atoms with van der Waals surface area (Å²) in [5, 5.41) is 13.3. The van der Waals surface area contributed by atoms with Crippen LogP contribution in [-0.4, -0.2) is 49.6 Å². The van der Waals surface area contributed by atoms with Crippen LogP contribution >= 0.6 is 0 Å². The van der Waals surface area contributed by atoms with Gasteiger partial charge in [-0.15, -0.1) is 0 Å². The van der Waals surface area contributed by atoms with E-state index in [1.807, 2.05) is 0 Å². The predicted octanol–water partition coefficient (Wildman–Crippen LogP) is 6.93. The third kappa shape index (κ3) is 6.95. The number of rotatable bonds is 13. The van der Waals surface area contributed by atoms with Crippen LogP contribution in [0.1, 0.15) is 112 Å². The van der Waals surface area contributed by atoms with Gasteiger partial charge in [0.15, 0.2) is 0 Å². The molecule has 0 amide bonds. The Morgan fingerprint density at radius 2 is 1.90 bits per heavy atom. The van der Waals surface area contributed by atoms with E-state index in [1.54, 1.807) is 12.5 Å². The van der Waals surface area contributed by atoms with E-state index < -0.39 is 6.10 Å². The van der Waals surface area contributed by atoms with Gasteiger partial charge in [-0.2, -0.15) is 0 Å². The Balaban J connectivity index is 1.30. The van der Waals surface area contributed by atoms with Gasteiger partial charge >= 0.3 is 5.97 Å². The summed E-state index contributed by atoms with van der Waals surface area (Å²) in [6, 6.07) is 0. The number of esters is 1. The van der Waals surface area contributed by atoms with Crippen molar-refractivity contribution in [3.8, 4) is 0 Å². The van der Waals surface area contributed by atoms with Crippen LogP contribution in [-0.2, 0) is 14.3 Å². The minimum atomic E-state index is -0.614. The topological polar surface area (TPSA) is 67.8 Å². The fourth-order valence-electron chi connectivity index (χ4n) is 9.65. The van der Waals surface area contributed by atoms with Gasteiger partial charge in [-0.1, -0.05) is 65.5 Å². The van der Waals surface area contributed by atoms with Gasteiger partial charge in [-0.25, -0.2) is 0 Å². The molecule has 3 fully saturated rings. The fraction of sp³-hybridized carbons (Fsp3) is 0.912. The van der Waals surface area contributed by atoms with Crippen LogP contribution in [0.5, 0.6) is 0 Å². The first kappa shape index (κ1) is 31.0. The Morgan fingerprint density at radius 3 is 2.64 bits per heavy atom. The van der Waals surface area contributed by atoms with E-state index in [0.717, 1.165) is 48.3 Å². The summed E-state index contributed by atoms with van der Waals surface area (Å²) in [7, 11) is 0. The van der Waals surface area contributed by atoms with Crippen molar-refractivity contribution in [1.29, 1.82) is 0 Å². The number of hydrogen-bond acceptors (Lipinski definition) is 5. The summed E-state index contributed by atoms with van der Waals surface area (Å²) < 4.78 is 11.1. The number of fused-ring (bicyclic) bond motifs is 5. The van der Waals surface area contributed by atoms with Crippen molar-refractivity contribution in [2.45, 2.75) is 124 Å². The lowest BCUT2D eigenvalue weighted by Crippen LogP contribution is -2.51. The Bertz CT molecular complexity index is 841. The molecule has 0 heterocycles. The van der Waals surface area contributed by atoms with Crippen molar-refractivity contribution in [3.63, 3.8) is 0 Å². The van der Waals surface area contributed by atoms with Crippen LogP contribution in [0.4, 0.5) is 0 Å². The van der Waals surface area contributed by atoms with Gasteiger partial charge in [-0.3, -0.25) is 4.79 Å². The molecule has 0 aromatic heterocycles. The molecular formula is C34H59NO4. The number of ether oxygens (including phenoxy) is 2. The smallest absolute Gasteiger partial charge is 0.319 e. The second kappa shape index (κ2) is 13.4. The lowest BCUT2D eigenvalue weighted by atomic mass is 9.47. The number of carbonyl (C=O) groups excluding carboxylic acids is 1. The zero-order valence-corrected chi connectivity index (χ0v) is 26.0. The first-order valence-corrected chi connectivity index (χ1v) is 16.4. The van der Waals surface area contributed by atoms with E-state index in [4.69, 9.17) is 9.47 Å². The lowest BCUT2D eigenvalue weighted by molar-refractivity contribution is -0.142. The summed E-state index contributed by atoms with van der Waals surface area (Å²) in [4.78, 5) is 11.5. The minimum Gasteiger partial charge on any atom is -0.465 e. The van der Waals surface area contributed by atoms with Gasteiger partial charge in [0.05, 0.1) is 32.0 Å². The van der Waals surface area contributed by atoms with Crippen molar-refractivity contribution in [2.75, 3.05) is 26.3 Å². The molecule has 39 heavy (non-hydrogen) atoms. The molecular weight excluding hydrogens is 486 g/mol. The van der Waals surface area contributed by atoms with E-state index in [-0.39, 0.29) is 18.6 Å². The highest BCUT2D eigenvalue weighted by atomic mass is 16.5. The SMILES string of the molecule is CCOC(=O)CNCC(O)CO[C@H]1CC[C@@]2(C)C(=CCC3C2CC[C@@]2(C)C3CC[C@@H]2[C@H](C)CCCC(C)C)C1. The number of allylic oxidation sites excluding steroid dienone is 1. The zero-order valence-electron chi connectivity index (χ0n) is 26.0. The van der Waals surface area contributed by atoms with Gasteiger partial charge in [0.2, 0.25) is 0 Å². The molecule has 5 heteroatoms. The van der Waals surface area contributed by atoms with Crippen molar-refractivity contribution in [3.05, 3.63) is 11.6 Å². The standard InChI is InChI=1S/C34H59NO4/c1-7-38-32(37)21-35-20-26(36)22-39-27-15-17-33(5)25(19-27)11-12-28-30-14-13-29(24(4)10-8-9-23(2)3)34(30,6)18-16-31(28)33/h11,23-24,26-31,35-36H,7-10,12-22H2,1-6H3/t24-,26?,27+,28?,29-,30?,31?,33+,34-/m1/s1. The lowest BCUT2D eigenvalue weighted by Gasteiger charge is -2.58. The number of aliphatic hydroxyl groups excluding tert-OH is 1. The molecule has 9 atom stereocenters. The van der Waals surface area contributed by atoms with Crippen LogP contribution in [0, 0.1) is 46.3 Å². The number of aliphatic hydroxyl groups is 1. The molecule has 4 rings (SSSR count). The highest BCUT2D eigenvalue weighted by Gasteiger charge is 2.59. The highest BCUT2D eigenvalue weighted by molar-refractivity contribution is 5.71. The molecule has 5 nitrogen and oxygen atoms in total. The van der Waals surface area contributed by atoms with Gasteiger partial charge in [0.1, 0.15) is 0 Å². The van der Waals surface area contributed by atoms with Crippen LogP contribution in [0.2, 0.25) is 0 Å². The molecule has 0 radical (unpaired) electrons. The molecule has 4 aliphatic carbocycles. The van der Waals surface area contributed by atoms with Gasteiger partial charge < -0.3 is 19.9 Å². The summed E-state index contributed by atoms with van der Waals surface area (Å²) in [6.45, 7) is 15.5. The Labute approximate surface area is 239 Å². The van der Waals surface area contributed by atoms with Crippen molar-refractivity contribution in [2.24, 2.45) is 46.3 Å². The van der Waals surface area contributed by atoms with Gasteiger partial charge in [-0.05, 0) is 105 Å². The molecule has 0 aliphatic heterocycles. The average molecular weight is 546 g/mol. The second-order valence-corrected chi connectivity index (χ2v) is 14.6.